The summed E-state index contributed by atoms with van der Waals surface area (Å²) in [5, 5.41) is 9.11. The molecule has 5 nitrogen and oxygen atoms in total. The first kappa shape index (κ1) is 14.7. The fourth-order valence-corrected chi connectivity index (χ4v) is 2.16. The van der Waals surface area contributed by atoms with Gasteiger partial charge < -0.3 is 20.5 Å². The Labute approximate surface area is 123 Å². The molecule has 2 rings (SSSR count). The highest BCUT2D eigenvalue weighted by molar-refractivity contribution is 5.77. The van der Waals surface area contributed by atoms with Crippen LogP contribution in [0.25, 0.3) is 0 Å². The standard InChI is InChI=1S/C16H18N2O3/c1-21-13-6-4-5-12(9-13)10-18(11-16(19)20)15-8-3-2-7-14(15)17/h2-9H,10-11,17H2,1H3,(H,19,20). The van der Waals surface area contributed by atoms with Gasteiger partial charge in [0, 0.05) is 6.54 Å². The first-order chi connectivity index (χ1) is 10.1. The number of benzene rings is 2. The second-order valence-corrected chi connectivity index (χ2v) is 4.66. The molecule has 0 saturated heterocycles. The molecule has 0 amide bonds. The molecule has 3 N–H and O–H groups in total. The van der Waals surface area contributed by atoms with Gasteiger partial charge in [-0.25, -0.2) is 0 Å². The lowest BCUT2D eigenvalue weighted by Crippen LogP contribution is -2.29. The largest absolute Gasteiger partial charge is 0.497 e. The molecule has 21 heavy (non-hydrogen) atoms. The number of hydrogen-bond donors (Lipinski definition) is 2. The molecule has 0 aromatic heterocycles. The number of anilines is 2. The van der Waals surface area contributed by atoms with Crippen molar-refractivity contribution in [1.29, 1.82) is 0 Å². The van der Waals surface area contributed by atoms with Gasteiger partial charge in [0.05, 0.1) is 18.5 Å². The van der Waals surface area contributed by atoms with E-state index in [0.717, 1.165) is 11.3 Å². The van der Waals surface area contributed by atoms with Crippen LogP contribution in [0.5, 0.6) is 5.75 Å². The third-order valence-corrected chi connectivity index (χ3v) is 3.11. The van der Waals surface area contributed by atoms with Crippen molar-refractivity contribution < 1.29 is 14.6 Å². The molecule has 0 aliphatic heterocycles. The van der Waals surface area contributed by atoms with Crippen molar-refractivity contribution in [3.63, 3.8) is 0 Å². The topological polar surface area (TPSA) is 75.8 Å². The molecule has 0 aliphatic carbocycles. The number of nitrogens with zero attached hydrogens (tertiary/aromatic N) is 1. The molecule has 0 bridgehead atoms. The van der Waals surface area contributed by atoms with E-state index < -0.39 is 5.97 Å². The molecule has 2 aromatic carbocycles. The highest BCUT2D eigenvalue weighted by Gasteiger charge is 2.14. The number of carbonyl (C=O) groups is 1. The van der Waals surface area contributed by atoms with Crippen LogP contribution in [-0.4, -0.2) is 24.7 Å². The molecular formula is C16H18N2O3. The van der Waals surface area contributed by atoms with Crippen LogP contribution < -0.4 is 15.4 Å². The maximum absolute atomic E-state index is 11.1. The lowest BCUT2D eigenvalue weighted by Gasteiger charge is -2.24. The van der Waals surface area contributed by atoms with Gasteiger partial charge in [-0.2, -0.15) is 0 Å². The third kappa shape index (κ3) is 3.89. The maximum Gasteiger partial charge on any atom is 0.323 e. The minimum atomic E-state index is -0.902. The fourth-order valence-electron chi connectivity index (χ4n) is 2.16. The van der Waals surface area contributed by atoms with E-state index in [4.69, 9.17) is 15.6 Å². The maximum atomic E-state index is 11.1. The minimum absolute atomic E-state index is 0.120. The Morgan fingerprint density at radius 1 is 1.24 bits per heavy atom. The monoisotopic (exact) mass is 286 g/mol. The molecular weight excluding hydrogens is 268 g/mol. The van der Waals surface area contributed by atoms with Gasteiger partial charge in [0.15, 0.2) is 0 Å². The average molecular weight is 286 g/mol. The fraction of sp³-hybridized carbons (Fsp3) is 0.188. The van der Waals surface area contributed by atoms with Crippen LogP contribution in [0.3, 0.4) is 0 Å². The number of aliphatic carboxylic acids is 1. The van der Waals surface area contributed by atoms with E-state index in [1.165, 1.54) is 0 Å². The number of nitrogen functional groups attached to an aromatic ring is 1. The van der Waals surface area contributed by atoms with Crippen molar-refractivity contribution in [2.45, 2.75) is 6.54 Å². The van der Waals surface area contributed by atoms with Gasteiger partial charge in [-0.1, -0.05) is 24.3 Å². The highest BCUT2D eigenvalue weighted by Crippen LogP contribution is 2.25. The number of para-hydroxylation sites is 2. The number of carboxylic acids is 1. The van der Waals surface area contributed by atoms with Crippen molar-refractivity contribution in [1.82, 2.24) is 0 Å². The second kappa shape index (κ2) is 6.65. The SMILES string of the molecule is COc1cccc(CN(CC(=O)O)c2ccccc2N)c1. The van der Waals surface area contributed by atoms with Crippen LogP contribution >= 0.6 is 0 Å². The number of methoxy groups -OCH3 is 1. The van der Waals surface area contributed by atoms with Crippen molar-refractivity contribution in [3.05, 3.63) is 54.1 Å². The molecule has 0 heterocycles. The number of hydrogen-bond acceptors (Lipinski definition) is 4. The molecule has 110 valence electrons. The lowest BCUT2D eigenvalue weighted by molar-refractivity contribution is -0.135. The van der Waals surface area contributed by atoms with E-state index in [9.17, 15) is 4.79 Å². The summed E-state index contributed by atoms with van der Waals surface area (Å²) in [6.07, 6.45) is 0. The Balaban J connectivity index is 2.28. The summed E-state index contributed by atoms with van der Waals surface area (Å²) in [7, 11) is 1.60. The molecule has 0 atom stereocenters. The Kier molecular flexibility index (Phi) is 4.66. The molecule has 5 heteroatoms. The smallest absolute Gasteiger partial charge is 0.323 e. The number of ether oxygens (including phenoxy) is 1. The van der Waals surface area contributed by atoms with Gasteiger partial charge in [-0.15, -0.1) is 0 Å². The van der Waals surface area contributed by atoms with Crippen LogP contribution in [0.1, 0.15) is 5.56 Å². The molecule has 0 aliphatic rings. The number of nitrogens with two attached hydrogens (primary N) is 1. The predicted octanol–water partition coefficient (Wildman–Crippen LogP) is 2.37. The van der Waals surface area contributed by atoms with Crippen molar-refractivity contribution in [3.8, 4) is 5.75 Å². The minimum Gasteiger partial charge on any atom is -0.497 e. The van der Waals surface area contributed by atoms with E-state index in [1.807, 2.05) is 42.5 Å². The van der Waals surface area contributed by atoms with Crippen LogP contribution in [0.4, 0.5) is 11.4 Å². The second-order valence-electron chi connectivity index (χ2n) is 4.66. The summed E-state index contributed by atoms with van der Waals surface area (Å²) < 4.78 is 5.19. The zero-order chi connectivity index (χ0) is 15.2. The van der Waals surface area contributed by atoms with Crippen molar-refractivity contribution in [2.24, 2.45) is 0 Å². The van der Waals surface area contributed by atoms with Gasteiger partial charge in [-0.05, 0) is 29.8 Å². The van der Waals surface area contributed by atoms with E-state index in [-0.39, 0.29) is 6.54 Å². The van der Waals surface area contributed by atoms with Gasteiger partial charge in [0.25, 0.3) is 0 Å². The number of carboxylic acid groups (broad SMARTS) is 1. The highest BCUT2D eigenvalue weighted by atomic mass is 16.5. The van der Waals surface area contributed by atoms with Crippen LogP contribution in [-0.2, 0) is 11.3 Å². The lowest BCUT2D eigenvalue weighted by atomic mass is 10.1. The Morgan fingerprint density at radius 3 is 2.67 bits per heavy atom. The summed E-state index contributed by atoms with van der Waals surface area (Å²) in [6.45, 7) is 0.323. The quantitative estimate of drug-likeness (QED) is 0.797. The summed E-state index contributed by atoms with van der Waals surface area (Å²) in [4.78, 5) is 12.8. The van der Waals surface area contributed by atoms with E-state index in [0.29, 0.717) is 17.9 Å². The van der Waals surface area contributed by atoms with Gasteiger partial charge in [-0.3, -0.25) is 4.79 Å². The van der Waals surface area contributed by atoms with Gasteiger partial charge >= 0.3 is 5.97 Å². The molecule has 0 spiro atoms. The Bertz CT molecular complexity index is 628. The Morgan fingerprint density at radius 2 is 2.00 bits per heavy atom. The normalized spacial score (nSPS) is 10.1. The zero-order valence-electron chi connectivity index (χ0n) is 11.8. The molecule has 0 fully saturated rings. The Hall–Kier alpha value is -2.69. The van der Waals surface area contributed by atoms with Crippen LogP contribution in [0.2, 0.25) is 0 Å². The van der Waals surface area contributed by atoms with Gasteiger partial charge in [0.1, 0.15) is 12.3 Å². The van der Waals surface area contributed by atoms with Crippen LogP contribution in [0, 0.1) is 0 Å². The molecule has 0 saturated carbocycles. The zero-order valence-corrected chi connectivity index (χ0v) is 11.8. The van der Waals surface area contributed by atoms with E-state index >= 15 is 0 Å². The summed E-state index contributed by atoms with van der Waals surface area (Å²) in [5.41, 5.74) is 8.17. The van der Waals surface area contributed by atoms with Crippen molar-refractivity contribution in [2.75, 3.05) is 24.3 Å². The summed E-state index contributed by atoms with van der Waals surface area (Å²) >= 11 is 0. The number of rotatable bonds is 6. The van der Waals surface area contributed by atoms with Gasteiger partial charge in [0.2, 0.25) is 0 Å². The average Bonchev–Trinajstić information content (AvgIpc) is 2.47. The van der Waals surface area contributed by atoms with E-state index in [2.05, 4.69) is 0 Å². The first-order valence-electron chi connectivity index (χ1n) is 6.54. The third-order valence-electron chi connectivity index (χ3n) is 3.11. The predicted molar refractivity (Wildman–Crippen MR) is 82.5 cm³/mol. The van der Waals surface area contributed by atoms with Crippen molar-refractivity contribution >= 4 is 17.3 Å². The first-order valence-corrected chi connectivity index (χ1v) is 6.54. The van der Waals surface area contributed by atoms with E-state index in [1.54, 1.807) is 18.1 Å². The molecule has 0 unspecified atom stereocenters. The van der Waals surface area contributed by atoms with Crippen LogP contribution in [0.15, 0.2) is 48.5 Å². The molecule has 2 aromatic rings. The summed E-state index contributed by atoms with van der Waals surface area (Å²) in [5.74, 6) is -0.162. The molecule has 0 radical (unpaired) electrons. The summed E-state index contributed by atoms with van der Waals surface area (Å²) in [6, 6.07) is 14.8.